The molecule has 0 aliphatic carbocycles. The second-order valence-corrected chi connectivity index (χ2v) is 9.60. The predicted molar refractivity (Wildman–Crippen MR) is 133 cm³/mol. The van der Waals surface area contributed by atoms with Crippen LogP contribution in [0.2, 0.25) is 0 Å². The molecule has 176 valence electrons. The first-order valence-electron chi connectivity index (χ1n) is 12.4. The van der Waals surface area contributed by atoms with Gasteiger partial charge in [0.05, 0.1) is 6.42 Å². The van der Waals surface area contributed by atoms with Crippen LogP contribution in [0.4, 0.5) is 5.69 Å². The van der Waals surface area contributed by atoms with Crippen LogP contribution in [-0.4, -0.2) is 53.8 Å². The molecule has 2 aromatic rings. The maximum Gasteiger partial charge on any atom is 0.227 e. The molecule has 5 heteroatoms. The van der Waals surface area contributed by atoms with E-state index in [1.807, 2.05) is 47.1 Å². The van der Waals surface area contributed by atoms with E-state index < -0.39 is 0 Å². The standard InChI is InChI=1S/C28H37N3O2/c1-4-27(32)31-17-16-24-13-9-14-25(29(24)3)20-30(19-23-12-7-8-15-26(23)31)28(33)18-22-11-6-5-10-21(22)2/h5-8,10-12,15,24-25H,4,9,13-14,16-20H2,1-3H3. The molecule has 2 amide bonds. The van der Waals surface area contributed by atoms with E-state index >= 15 is 0 Å². The van der Waals surface area contributed by atoms with Gasteiger partial charge in [0.2, 0.25) is 11.8 Å². The van der Waals surface area contributed by atoms with Crippen molar-refractivity contribution in [3.05, 3.63) is 65.2 Å². The normalized spacial score (nSPS) is 21.8. The Bertz CT molecular complexity index is 989. The van der Waals surface area contributed by atoms with Gasteiger partial charge in [0.1, 0.15) is 0 Å². The van der Waals surface area contributed by atoms with Crippen molar-refractivity contribution in [1.29, 1.82) is 0 Å². The Balaban J connectivity index is 1.70. The summed E-state index contributed by atoms with van der Waals surface area (Å²) in [5.74, 6) is 0.303. The van der Waals surface area contributed by atoms with Crippen molar-refractivity contribution in [2.75, 3.05) is 25.0 Å². The fraction of sp³-hybridized carbons (Fsp3) is 0.500. The van der Waals surface area contributed by atoms with E-state index in [-0.39, 0.29) is 11.8 Å². The highest BCUT2D eigenvalue weighted by Crippen LogP contribution is 2.30. The summed E-state index contributed by atoms with van der Waals surface area (Å²) in [6.07, 6.45) is 5.29. The van der Waals surface area contributed by atoms with Crippen LogP contribution in [0.3, 0.4) is 0 Å². The van der Waals surface area contributed by atoms with Gasteiger partial charge in [-0.3, -0.25) is 14.5 Å². The van der Waals surface area contributed by atoms with Crippen molar-refractivity contribution in [3.8, 4) is 0 Å². The van der Waals surface area contributed by atoms with E-state index in [0.29, 0.717) is 31.5 Å². The van der Waals surface area contributed by atoms with E-state index in [9.17, 15) is 9.59 Å². The van der Waals surface area contributed by atoms with Gasteiger partial charge in [-0.15, -0.1) is 0 Å². The number of hydrogen-bond acceptors (Lipinski definition) is 3. The highest BCUT2D eigenvalue weighted by atomic mass is 16.2. The van der Waals surface area contributed by atoms with Gasteiger partial charge in [0.15, 0.2) is 0 Å². The minimum absolute atomic E-state index is 0.148. The highest BCUT2D eigenvalue weighted by molar-refractivity contribution is 5.94. The molecule has 0 aromatic heterocycles. The maximum absolute atomic E-state index is 13.6. The Morgan fingerprint density at radius 1 is 0.939 bits per heavy atom. The van der Waals surface area contributed by atoms with Crippen LogP contribution >= 0.6 is 0 Å². The van der Waals surface area contributed by atoms with Gasteiger partial charge in [-0.25, -0.2) is 0 Å². The molecule has 2 aliphatic rings. The van der Waals surface area contributed by atoms with Crippen LogP contribution in [-0.2, 0) is 22.6 Å². The van der Waals surface area contributed by atoms with Crippen molar-refractivity contribution in [2.45, 2.75) is 71.0 Å². The summed E-state index contributed by atoms with van der Waals surface area (Å²) >= 11 is 0. The molecule has 33 heavy (non-hydrogen) atoms. The number of aryl methyl sites for hydroxylation is 1. The largest absolute Gasteiger partial charge is 0.336 e. The SMILES string of the molecule is CCC(=O)N1CCC2CCCC(CN(C(=O)Cc3ccccc3C)Cc3ccccc31)N2C. The molecule has 2 unspecified atom stereocenters. The lowest BCUT2D eigenvalue weighted by Crippen LogP contribution is -2.51. The van der Waals surface area contributed by atoms with E-state index in [1.165, 1.54) is 6.42 Å². The first kappa shape index (κ1) is 23.5. The molecule has 2 bridgehead atoms. The molecule has 2 heterocycles. The molecule has 0 N–H and O–H groups in total. The zero-order valence-corrected chi connectivity index (χ0v) is 20.3. The Morgan fingerprint density at radius 2 is 1.67 bits per heavy atom. The van der Waals surface area contributed by atoms with Crippen molar-refractivity contribution in [2.24, 2.45) is 0 Å². The molecular weight excluding hydrogens is 410 g/mol. The lowest BCUT2D eigenvalue weighted by molar-refractivity contribution is -0.132. The fourth-order valence-corrected chi connectivity index (χ4v) is 5.42. The summed E-state index contributed by atoms with van der Waals surface area (Å²) in [7, 11) is 2.20. The van der Waals surface area contributed by atoms with E-state index in [2.05, 4.69) is 37.1 Å². The molecule has 2 aromatic carbocycles. The van der Waals surface area contributed by atoms with Crippen LogP contribution < -0.4 is 4.90 Å². The number of rotatable bonds is 3. The number of benzene rings is 2. The van der Waals surface area contributed by atoms with Crippen LogP contribution in [0.1, 0.15) is 55.7 Å². The van der Waals surface area contributed by atoms with E-state index in [1.54, 1.807) is 0 Å². The zero-order valence-electron chi connectivity index (χ0n) is 20.3. The van der Waals surface area contributed by atoms with Crippen LogP contribution in [0, 0.1) is 6.92 Å². The van der Waals surface area contributed by atoms with Gasteiger partial charge >= 0.3 is 0 Å². The molecule has 2 aliphatic heterocycles. The maximum atomic E-state index is 13.6. The number of nitrogens with zero attached hydrogens (tertiary/aromatic N) is 3. The highest BCUT2D eigenvalue weighted by Gasteiger charge is 2.32. The molecular formula is C28H37N3O2. The number of carbonyl (C=O) groups is 2. The van der Waals surface area contributed by atoms with Crippen LogP contribution in [0.15, 0.2) is 48.5 Å². The van der Waals surface area contributed by atoms with Gasteiger partial charge in [-0.2, -0.15) is 0 Å². The molecule has 2 atom stereocenters. The number of fused-ring (bicyclic) bond motifs is 3. The topological polar surface area (TPSA) is 43.9 Å². The smallest absolute Gasteiger partial charge is 0.227 e. The number of amides is 2. The lowest BCUT2D eigenvalue weighted by Gasteiger charge is -2.42. The van der Waals surface area contributed by atoms with Gasteiger partial charge in [0, 0.05) is 43.8 Å². The molecule has 0 spiro atoms. The quantitative estimate of drug-likeness (QED) is 0.693. The Kier molecular flexibility index (Phi) is 7.49. The third-order valence-electron chi connectivity index (χ3n) is 7.55. The van der Waals surface area contributed by atoms with Crippen molar-refractivity contribution >= 4 is 17.5 Å². The number of hydrogen-bond donors (Lipinski definition) is 0. The van der Waals surface area contributed by atoms with E-state index in [4.69, 9.17) is 0 Å². The van der Waals surface area contributed by atoms with Gasteiger partial charge in [-0.05, 0) is 56.0 Å². The third kappa shape index (κ3) is 5.30. The second kappa shape index (κ2) is 10.5. The summed E-state index contributed by atoms with van der Waals surface area (Å²) in [5.41, 5.74) is 4.25. The van der Waals surface area contributed by atoms with Crippen molar-refractivity contribution < 1.29 is 9.59 Å². The molecule has 4 rings (SSSR count). The molecule has 0 saturated carbocycles. The number of para-hydroxylation sites is 1. The van der Waals surface area contributed by atoms with Crippen molar-refractivity contribution in [3.63, 3.8) is 0 Å². The predicted octanol–water partition coefficient (Wildman–Crippen LogP) is 4.57. The monoisotopic (exact) mass is 447 g/mol. The van der Waals surface area contributed by atoms with Crippen LogP contribution in [0.25, 0.3) is 0 Å². The minimum atomic E-state index is 0.148. The van der Waals surface area contributed by atoms with Crippen LogP contribution in [0.5, 0.6) is 0 Å². The van der Waals surface area contributed by atoms with Gasteiger partial charge in [-0.1, -0.05) is 55.8 Å². The summed E-state index contributed by atoms with van der Waals surface area (Å²) in [6.45, 7) is 5.98. The first-order valence-corrected chi connectivity index (χ1v) is 12.4. The Hall–Kier alpha value is -2.66. The lowest BCUT2D eigenvalue weighted by atomic mass is 9.93. The Labute approximate surface area is 198 Å². The molecule has 1 saturated heterocycles. The zero-order chi connectivity index (χ0) is 23.4. The first-order chi connectivity index (χ1) is 16.0. The number of likely N-dealkylation sites (N-methyl/N-ethyl adjacent to an activating group) is 1. The Morgan fingerprint density at radius 3 is 2.45 bits per heavy atom. The fourth-order valence-electron chi connectivity index (χ4n) is 5.42. The summed E-state index contributed by atoms with van der Waals surface area (Å²) in [5, 5.41) is 0. The van der Waals surface area contributed by atoms with Crippen molar-refractivity contribution in [1.82, 2.24) is 9.80 Å². The summed E-state index contributed by atoms with van der Waals surface area (Å²) < 4.78 is 0. The minimum Gasteiger partial charge on any atom is -0.336 e. The second-order valence-electron chi connectivity index (χ2n) is 9.60. The number of piperidine rings is 1. The molecule has 5 nitrogen and oxygen atoms in total. The van der Waals surface area contributed by atoms with Gasteiger partial charge in [0.25, 0.3) is 0 Å². The van der Waals surface area contributed by atoms with E-state index in [0.717, 1.165) is 54.7 Å². The average molecular weight is 448 g/mol. The molecule has 0 radical (unpaired) electrons. The molecule has 1 fully saturated rings. The average Bonchev–Trinajstić information content (AvgIpc) is 2.83. The number of carbonyl (C=O) groups excluding carboxylic acids is 2. The van der Waals surface area contributed by atoms with Gasteiger partial charge < -0.3 is 9.80 Å². The summed E-state index contributed by atoms with van der Waals surface area (Å²) in [6, 6.07) is 17.1. The summed E-state index contributed by atoms with van der Waals surface area (Å²) in [4.78, 5) is 33.1. The third-order valence-corrected chi connectivity index (χ3v) is 7.55. The number of anilines is 1.